The molecule has 0 unspecified atom stereocenters. The van der Waals surface area contributed by atoms with Gasteiger partial charge in [-0.3, -0.25) is 4.57 Å². The van der Waals surface area contributed by atoms with Crippen LogP contribution in [0.1, 0.15) is 17.0 Å². The second kappa shape index (κ2) is 5.82. The van der Waals surface area contributed by atoms with Crippen LogP contribution in [0.4, 0.5) is 0 Å². The van der Waals surface area contributed by atoms with Crippen molar-refractivity contribution in [3.05, 3.63) is 57.8 Å². The predicted molar refractivity (Wildman–Crippen MR) is 92.7 cm³/mol. The van der Waals surface area contributed by atoms with Crippen molar-refractivity contribution in [3.8, 4) is 5.69 Å². The first-order valence-electron chi connectivity index (χ1n) is 6.90. The zero-order valence-corrected chi connectivity index (χ0v) is 14.4. The lowest BCUT2D eigenvalue weighted by Crippen LogP contribution is -2.03. The zero-order chi connectivity index (χ0) is 15.0. The van der Waals surface area contributed by atoms with Crippen LogP contribution in [0.15, 0.2) is 40.9 Å². The van der Waals surface area contributed by atoms with E-state index < -0.39 is 0 Å². The lowest BCUT2D eigenvalue weighted by atomic mass is 10.1. The van der Waals surface area contributed by atoms with Crippen molar-refractivity contribution in [3.63, 3.8) is 0 Å². The van der Waals surface area contributed by atoms with Crippen molar-refractivity contribution in [1.82, 2.24) is 9.55 Å². The number of nitrogens with zero attached hydrogens (tertiary/aromatic N) is 2. The van der Waals surface area contributed by atoms with Crippen LogP contribution in [0, 0.1) is 13.8 Å². The first-order chi connectivity index (χ1) is 10.1. The summed E-state index contributed by atoms with van der Waals surface area (Å²) in [6.45, 7) is 4.24. The molecule has 4 heteroatoms. The number of alkyl halides is 1. The Labute approximate surface area is 137 Å². The van der Waals surface area contributed by atoms with Crippen LogP contribution >= 0.6 is 27.5 Å². The molecule has 0 spiro atoms. The van der Waals surface area contributed by atoms with Gasteiger partial charge in [-0.1, -0.05) is 22.0 Å². The summed E-state index contributed by atoms with van der Waals surface area (Å²) in [5.74, 6) is 1.57. The fourth-order valence-corrected chi connectivity index (χ4v) is 3.24. The molecule has 0 N–H and O–H groups in total. The molecule has 0 amide bonds. The van der Waals surface area contributed by atoms with Crippen LogP contribution in [0.2, 0.25) is 0 Å². The lowest BCUT2D eigenvalue weighted by molar-refractivity contribution is 0.910. The molecule has 0 atom stereocenters. The highest BCUT2D eigenvalue weighted by Gasteiger charge is 2.13. The molecule has 21 heavy (non-hydrogen) atoms. The van der Waals surface area contributed by atoms with E-state index in [9.17, 15) is 0 Å². The number of aromatic nitrogens is 2. The number of aryl methyl sites for hydroxylation is 3. The highest BCUT2D eigenvalue weighted by atomic mass is 79.9. The van der Waals surface area contributed by atoms with Crippen LogP contribution in [0.3, 0.4) is 0 Å². The number of benzene rings is 2. The van der Waals surface area contributed by atoms with Crippen molar-refractivity contribution in [2.75, 3.05) is 5.88 Å². The molecule has 0 saturated carbocycles. The van der Waals surface area contributed by atoms with Gasteiger partial charge >= 0.3 is 0 Å². The van der Waals surface area contributed by atoms with E-state index in [2.05, 4.69) is 58.6 Å². The van der Waals surface area contributed by atoms with E-state index in [0.717, 1.165) is 33.4 Å². The molecule has 0 saturated heterocycles. The van der Waals surface area contributed by atoms with Crippen molar-refractivity contribution in [2.24, 2.45) is 0 Å². The largest absolute Gasteiger partial charge is 0.296 e. The molecule has 2 aromatic carbocycles. The van der Waals surface area contributed by atoms with E-state index in [0.29, 0.717) is 5.88 Å². The van der Waals surface area contributed by atoms with E-state index >= 15 is 0 Å². The van der Waals surface area contributed by atoms with Crippen LogP contribution < -0.4 is 0 Å². The lowest BCUT2D eigenvalue weighted by Gasteiger charge is -2.11. The predicted octanol–water partition coefficient (Wildman–Crippen LogP) is 5.19. The minimum atomic E-state index is 0.565. The monoisotopic (exact) mass is 362 g/mol. The first-order valence-corrected chi connectivity index (χ1v) is 8.23. The Morgan fingerprint density at radius 1 is 1.10 bits per heavy atom. The van der Waals surface area contributed by atoms with Gasteiger partial charge < -0.3 is 0 Å². The fraction of sp³-hybridized carbons (Fsp3) is 0.235. The van der Waals surface area contributed by atoms with Crippen LogP contribution in [0.5, 0.6) is 0 Å². The molecule has 0 bridgehead atoms. The smallest absolute Gasteiger partial charge is 0.115 e. The van der Waals surface area contributed by atoms with Gasteiger partial charge in [0.25, 0.3) is 0 Å². The number of hydrogen-bond acceptors (Lipinski definition) is 1. The fourth-order valence-electron chi connectivity index (χ4n) is 2.72. The van der Waals surface area contributed by atoms with E-state index in [1.165, 1.54) is 11.1 Å². The highest BCUT2D eigenvalue weighted by molar-refractivity contribution is 9.10. The molecular weight excluding hydrogens is 348 g/mol. The number of imidazole rings is 1. The SMILES string of the molecule is Cc1cc(C)cc(-n2c(CCCl)nc3ccc(Br)cc32)c1. The summed E-state index contributed by atoms with van der Waals surface area (Å²) < 4.78 is 3.26. The third-order valence-corrected chi connectivity index (χ3v) is 4.15. The molecule has 2 nitrogen and oxygen atoms in total. The molecule has 0 fully saturated rings. The summed E-state index contributed by atoms with van der Waals surface area (Å²) in [5.41, 5.74) is 5.75. The van der Waals surface area contributed by atoms with E-state index in [-0.39, 0.29) is 0 Å². The van der Waals surface area contributed by atoms with Gasteiger partial charge in [-0.15, -0.1) is 11.6 Å². The summed E-state index contributed by atoms with van der Waals surface area (Å²) in [4.78, 5) is 4.74. The number of hydrogen-bond donors (Lipinski definition) is 0. The van der Waals surface area contributed by atoms with Gasteiger partial charge in [-0.2, -0.15) is 0 Å². The molecule has 1 heterocycles. The van der Waals surface area contributed by atoms with Gasteiger partial charge in [0.2, 0.25) is 0 Å². The van der Waals surface area contributed by atoms with Gasteiger partial charge in [-0.05, 0) is 55.3 Å². The molecule has 3 rings (SSSR count). The Morgan fingerprint density at radius 3 is 2.48 bits per heavy atom. The second-order valence-corrected chi connectivity index (χ2v) is 6.58. The van der Waals surface area contributed by atoms with E-state index in [1.54, 1.807) is 0 Å². The van der Waals surface area contributed by atoms with Crippen molar-refractivity contribution in [1.29, 1.82) is 0 Å². The van der Waals surface area contributed by atoms with Crippen molar-refractivity contribution in [2.45, 2.75) is 20.3 Å². The van der Waals surface area contributed by atoms with Gasteiger partial charge in [0, 0.05) is 22.5 Å². The van der Waals surface area contributed by atoms with E-state index in [4.69, 9.17) is 16.6 Å². The molecule has 1 aromatic heterocycles. The zero-order valence-electron chi connectivity index (χ0n) is 12.0. The van der Waals surface area contributed by atoms with E-state index in [1.807, 2.05) is 12.1 Å². The molecule has 0 aliphatic carbocycles. The van der Waals surface area contributed by atoms with Gasteiger partial charge in [0.15, 0.2) is 0 Å². The van der Waals surface area contributed by atoms with Gasteiger partial charge in [0.1, 0.15) is 5.82 Å². The topological polar surface area (TPSA) is 17.8 Å². The van der Waals surface area contributed by atoms with Crippen LogP contribution in [-0.4, -0.2) is 15.4 Å². The third-order valence-electron chi connectivity index (χ3n) is 3.47. The Bertz CT molecular complexity index is 788. The molecule has 0 radical (unpaired) electrons. The van der Waals surface area contributed by atoms with Crippen molar-refractivity contribution < 1.29 is 0 Å². The Kier molecular flexibility index (Phi) is 4.05. The number of fused-ring (bicyclic) bond motifs is 1. The summed E-state index contributed by atoms with van der Waals surface area (Å²) >= 11 is 9.50. The molecule has 0 aliphatic rings. The van der Waals surface area contributed by atoms with Crippen LogP contribution in [-0.2, 0) is 6.42 Å². The minimum Gasteiger partial charge on any atom is -0.296 e. The average molecular weight is 364 g/mol. The normalized spacial score (nSPS) is 11.2. The third kappa shape index (κ3) is 2.85. The molecule has 108 valence electrons. The minimum absolute atomic E-state index is 0.565. The molecular formula is C17H16BrClN2. The molecule has 3 aromatic rings. The number of rotatable bonds is 3. The van der Waals surface area contributed by atoms with Crippen LogP contribution in [0.25, 0.3) is 16.7 Å². The Hall–Kier alpha value is -1.32. The number of halogens is 2. The summed E-state index contributed by atoms with van der Waals surface area (Å²) in [6, 6.07) is 12.7. The maximum atomic E-state index is 5.95. The quantitative estimate of drug-likeness (QED) is 0.586. The maximum absolute atomic E-state index is 5.95. The summed E-state index contributed by atoms with van der Waals surface area (Å²) in [7, 11) is 0. The second-order valence-electron chi connectivity index (χ2n) is 5.28. The van der Waals surface area contributed by atoms with Crippen molar-refractivity contribution >= 4 is 38.6 Å². The summed E-state index contributed by atoms with van der Waals surface area (Å²) in [6.07, 6.45) is 0.751. The maximum Gasteiger partial charge on any atom is 0.115 e. The first kappa shape index (κ1) is 14.6. The highest BCUT2D eigenvalue weighted by Crippen LogP contribution is 2.26. The average Bonchev–Trinajstić information content (AvgIpc) is 2.75. The molecule has 0 aliphatic heterocycles. The van der Waals surface area contributed by atoms with Gasteiger partial charge in [0.05, 0.1) is 11.0 Å². The Morgan fingerprint density at radius 2 is 1.81 bits per heavy atom. The van der Waals surface area contributed by atoms with Gasteiger partial charge in [-0.25, -0.2) is 4.98 Å². The summed E-state index contributed by atoms with van der Waals surface area (Å²) in [5, 5.41) is 0. The standard InChI is InChI=1S/C17H16BrClN2/c1-11-7-12(2)9-14(8-11)21-16-10-13(18)3-4-15(16)20-17(21)5-6-19/h3-4,7-10H,5-6H2,1-2H3. The Balaban J connectivity index is 2.32.